The van der Waals surface area contributed by atoms with E-state index in [1.807, 2.05) is 13.0 Å². The third-order valence-electron chi connectivity index (χ3n) is 2.12. The summed E-state index contributed by atoms with van der Waals surface area (Å²) in [6, 6.07) is 5.34. The lowest BCUT2D eigenvalue weighted by Gasteiger charge is -2.05. The van der Waals surface area contributed by atoms with Crippen molar-refractivity contribution in [3.8, 4) is 0 Å². The molecule has 5 heteroatoms. The topological polar surface area (TPSA) is 55.4 Å². The SMILES string of the molecule is CNC(=O)CCOC(=O)c1cc(C)cc(Br)c1. The predicted octanol–water partition coefficient (Wildman–Crippen LogP) is 2.05. The van der Waals surface area contributed by atoms with E-state index < -0.39 is 5.97 Å². The Morgan fingerprint density at radius 3 is 2.65 bits per heavy atom. The lowest BCUT2D eigenvalue weighted by Crippen LogP contribution is -2.20. The van der Waals surface area contributed by atoms with Crippen LogP contribution in [-0.4, -0.2) is 25.5 Å². The molecule has 0 saturated carbocycles. The van der Waals surface area contributed by atoms with Gasteiger partial charge >= 0.3 is 5.97 Å². The lowest BCUT2D eigenvalue weighted by molar-refractivity contribution is -0.121. The number of carbonyl (C=O) groups is 2. The molecule has 0 aliphatic carbocycles. The van der Waals surface area contributed by atoms with E-state index in [1.165, 1.54) is 0 Å². The monoisotopic (exact) mass is 299 g/mol. The fourth-order valence-corrected chi connectivity index (χ4v) is 1.91. The largest absolute Gasteiger partial charge is 0.462 e. The molecule has 1 aromatic rings. The Morgan fingerprint density at radius 2 is 2.06 bits per heavy atom. The van der Waals surface area contributed by atoms with Gasteiger partial charge < -0.3 is 10.1 Å². The van der Waals surface area contributed by atoms with Crippen LogP contribution in [0.15, 0.2) is 22.7 Å². The van der Waals surface area contributed by atoms with Gasteiger partial charge in [-0.3, -0.25) is 4.79 Å². The normalized spacial score (nSPS) is 9.82. The Balaban J connectivity index is 2.55. The first-order valence-electron chi connectivity index (χ1n) is 5.18. The second kappa shape index (κ2) is 6.39. The number of nitrogens with one attached hydrogen (secondary N) is 1. The highest BCUT2D eigenvalue weighted by Crippen LogP contribution is 2.16. The molecule has 4 nitrogen and oxygen atoms in total. The van der Waals surface area contributed by atoms with Gasteiger partial charge in [0.05, 0.1) is 12.0 Å². The highest BCUT2D eigenvalue weighted by molar-refractivity contribution is 9.10. The van der Waals surface area contributed by atoms with Gasteiger partial charge in [0.15, 0.2) is 0 Å². The maximum atomic E-state index is 11.6. The summed E-state index contributed by atoms with van der Waals surface area (Å²) in [4.78, 5) is 22.6. The van der Waals surface area contributed by atoms with Gasteiger partial charge in [0, 0.05) is 11.5 Å². The zero-order valence-corrected chi connectivity index (χ0v) is 11.3. The minimum absolute atomic E-state index is 0.0874. The van der Waals surface area contributed by atoms with Crippen molar-refractivity contribution in [1.82, 2.24) is 5.32 Å². The Morgan fingerprint density at radius 1 is 1.35 bits per heavy atom. The summed E-state index contributed by atoms with van der Waals surface area (Å²) in [5, 5.41) is 2.46. The molecule has 0 radical (unpaired) electrons. The van der Waals surface area contributed by atoms with Crippen LogP contribution in [0.5, 0.6) is 0 Å². The third kappa shape index (κ3) is 4.56. The molecule has 0 atom stereocenters. The van der Waals surface area contributed by atoms with Gasteiger partial charge in [-0.05, 0) is 30.7 Å². The van der Waals surface area contributed by atoms with Crippen molar-refractivity contribution in [3.05, 3.63) is 33.8 Å². The fourth-order valence-electron chi connectivity index (χ4n) is 1.30. The van der Waals surface area contributed by atoms with Gasteiger partial charge in [-0.25, -0.2) is 4.79 Å². The smallest absolute Gasteiger partial charge is 0.338 e. The molecule has 17 heavy (non-hydrogen) atoms. The van der Waals surface area contributed by atoms with Crippen molar-refractivity contribution in [1.29, 1.82) is 0 Å². The van der Waals surface area contributed by atoms with Crippen molar-refractivity contribution >= 4 is 27.8 Å². The fraction of sp³-hybridized carbons (Fsp3) is 0.333. The van der Waals surface area contributed by atoms with Crippen LogP contribution in [0.4, 0.5) is 0 Å². The second-order valence-electron chi connectivity index (χ2n) is 3.58. The minimum Gasteiger partial charge on any atom is -0.462 e. The average Bonchev–Trinajstić information content (AvgIpc) is 2.27. The number of carbonyl (C=O) groups excluding carboxylic acids is 2. The zero-order chi connectivity index (χ0) is 12.8. The number of rotatable bonds is 4. The third-order valence-corrected chi connectivity index (χ3v) is 2.58. The molecule has 1 amide bonds. The molecule has 0 unspecified atom stereocenters. The van der Waals surface area contributed by atoms with Gasteiger partial charge in [0.2, 0.25) is 5.91 Å². The zero-order valence-electron chi connectivity index (χ0n) is 9.75. The van der Waals surface area contributed by atoms with E-state index in [0.29, 0.717) is 5.56 Å². The van der Waals surface area contributed by atoms with Crippen LogP contribution in [0.3, 0.4) is 0 Å². The first kappa shape index (κ1) is 13.7. The first-order chi connectivity index (χ1) is 8.02. The Bertz CT molecular complexity index is 412. The van der Waals surface area contributed by atoms with Crippen molar-refractivity contribution in [2.24, 2.45) is 0 Å². The molecule has 0 aromatic heterocycles. The van der Waals surface area contributed by atoms with E-state index in [1.54, 1.807) is 19.2 Å². The molecule has 0 aliphatic rings. The van der Waals surface area contributed by atoms with E-state index in [9.17, 15) is 9.59 Å². The van der Waals surface area contributed by atoms with Gasteiger partial charge in [-0.2, -0.15) is 0 Å². The van der Waals surface area contributed by atoms with Crippen LogP contribution in [0, 0.1) is 6.92 Å². The van der Waals surface area contributed by atoms with Gasteiger partial charge in [-0.1, -0.05) is 15.9 Å². The molecule has 0 fully saturated rings. The molecule has 1 aromatic carbocycles. The number of esters is 1. The molecule has 1 N–H and O–H groups in total. The summed E-state index contributed by atoms with van der Waals surface area (Å²) in [6.07, 6.45) is 0.176. The van der Waals surface area contributed by atoms with Crippen molar-refractivity contribution in [2.75, 3.05) is 13.7 Å². The Labute approximate surface area is 108 Å². The minimum atomic E-state index is -0.418. The van der Waals surface area contributed by atoms with Crippen LogP contribution in [0.25, 0.3) is 0 Å². The highest BCUT2D eigenvalue weighted by atomic mass is 79.9. The first-order valence-corrected chi connectivity index (χ1v) is 5.97. The summed E-state index contributed by atoms with van der Waals surface area (Å²) in [6.45, 7) is 1.98. The molecular formula is C12H14BrNO3. The van der Waals surface area contributed by atoms with Crippen LogP contribution in [0.1, 0.15) is 22.3 Å². The van der Waals surface area contributed by atoms with E-state index in [2.05, 4.69) is 21.2 Å². The quantitative estimate of drug-likeness (QED) is 0.866. The summed E-state index contributed by atoms with van der Waals surface area (Å²) < 4.78 is 5.82. The Hall–Kier alpha value is -1.36. The molecule has 0 saturated heterocycles. The Kier molecular flexibility index (Phi) is 5.15. The number of benzene rings is 1. The predicted molar refractivity (Wildman–Crippen MR) is 67.8 cm³/mol. The van der Waals surface area contributed by atoms with Crippen molar-refractivity contribution in [3.63, 3.8) is 0 Å². The average molecular weight is 300 g/mol. The van der Waals surface area contributed by atoms with E-state index in [-0.39, 0.29) is 18.9 Å². The van der Waals surface area contributed by atoms with Crippen molar-refractivity contribution < 1.29 is 14.3 Å². The van der Waals surface area contributed by atoms with Crippen LogP contribution in [-0.2, 0) is 9.53 Å². The lowest BCUT2D eigenvalue weighted by atomic mass is 10.1. The van der Waals surface area contributed by atoms with Crippen LogP contribution < -0.4 is 5.32 Å². The summed E-state index contributed by atoms with van der Waals surface area (Å²) >= 11 is 3.31. The summed E-state index contributed by atoms with van der Waals surface area (Å²) in [7, 11) is 1.54. The summed E-state index contributed by atoms with van der Waals surface area (Å²) in [5.41, 5.74) is 1.45. The maximum Gasteiger partial charge on any atom is 0.338 e. The van der Waals surface area contributed by atoms with E-state index >= 15 is 0 Å². The number of ether oxygens (including phenoxy) is 1. The van der Waals surface area contributed by atoms with E-state index in [4.69, 9.17) is 4.74 Å². The second-order valence-corrected chi connectivity index (χ2v) is 4.49. The van der Waals surface area contributed by atoms with Crippen molar-refractivity contribution in [2.45, 2.75) is 13.3 Å². The number of hydrogen-bond donors (Lipinski definition) is 1. The van der Waals surface area contributed by atoms with Gasteiger partial charge in [-0.15, -0.1) is 0 Å². The molecular weight excluding hydrogens is 286 g/mol. The standard InChI is InChI=1S/C12H14BrNO3/c1-8-5-9(7-10(13)6-8)12(16)17-4-3-11(15)14-2/h5-7H,3-4H2,1-2H3,(H,14,15). The van der Waals surface area contributed by atoms with E-state index in [0.717, 1.165) is 10.0 Å². The van der Waals surface area contributed by atoms with Crippen LogP contribution >= 0.6 is 15.9 Å². The number of halogens is 1. The molecule has 0 aliphatic heterocycles. The molecule has 92 valence electrons. The molecule has 0 heterocycles. The molecule has 0 spiro atoms. The van der Waals surface area contributed by atoms with Gasteiger partial charge in [0.1, 0.15) is 6.61 Å². The number of aryl methyl sites for hydroxylation is 1. The van der Waals surface area contributed by atoms with Crippen LogP contribution in [0.2, 0.25) is 0 Å². The number of amides is 1. The van der Waals surface area contributed by atoms with Gasteiger partial charge in [0.25, 0.3) is 0 Å². The maximum absolute atomic E-state index is 11.6. The number of hydrogen-bond acceptors (Lipinski definition) is 3. The highest BCUT2D eigenvalue weighted by Gasteiger charge is 2.09. The molecule has 0 bridgehead atoms. The summed E-state index contributed by atoms with van der Waals surface area (Å²) in [5.74, 6) is -0.568. The molecule has 1 rings (SSSR count).